The number of rotatable bonds is 7. The molecule has 2 aromatic heterocycles. The van der Waals surface area contributed by atoms with E-state index in [1.165, 1.54) is 4.88 Å². The van der Waals surface area contributed by atoms with Crippen molar-refractivity contribution in [2.45, 2.75) is 33.1 Å². The van der Waals surface area contributed by atoms with Gasteiger partial charge in [0.2, 0.25) is 0 Å². The second kappa shape index (κ2) is 7.17. The van der Waals surface area contributed by atoms with Crippen LogP contribution in [0.5, 0.6) is 0 Å². The first-order valence-electron chi connectivity index (χ1n) is 7.05. The molecule has 0 bridgehead atoms. The van der Waals surface area contributed by atoms with Gasteiger partial charge >= 0.3 is 5.97 Å². The maximum atomic E-state index is 11.6. The van der Waals surface area contributed by atoms with E-state index in [2.05, 4.69) is 21.6 Å². The largest absolute Gasteiger partial charge is 0.478 e. The van der Waals surface area contributed by atoms with Gasteiger partial charge in [0.1, 0.15) is 5.56 Å². The number of carboxylic acid groups (broad SMARTS) is 1. The summed E-state index contributed by atoms with van der Waals surface area (Å²) in [7, 11) is 0. The lowest BCUT2D eigenvalue weighted by atomic mass is 10.0. The highest BCUT2D eigenvalue weighted by molar-refractivity contribution is 7.09. The van der Waals surface area contributed by atoms with E-state index in [-0.39, 0.29) is 5.56 Å². The third kappa shape index (κ3) is 3.58. The third-order valence-corrected chi connectivity index (χ3v) is 4.24. The monoisotopic (exact) mass is 305 g/mol. The summed E-state index contributed by atoms with van der Waals surface area (Å²) in [4.78, 5) is 12.8. The highest BCUT2D eigenvalue weighted by Crippen LogP contribution is 2.21. The highest BCUT2D eigenvalue weighted by atomic mass is 32.1. The number of hydrogen-bond donors (Lipinski definition) is 2. The first kappa shape index (κ1) is 15.4. The molecule has 0 saturated carbocycles. The molecule has 0 aliphatic heterocycles. The highest BCUT2D eigenvalue weighted by Gasteiger charge is 2.19. The van der Waals surface area contributed by atoms with Gasteiger partial charge in [-0.15, -0.1) is 16.4 Å². The summed E-state index contributed by atoms with van der Waals surface area (Å²) in [6.07, 6.45) is 2.17. The predicted molar refractivity (Wildman–Crippen MR) is 84.3 cm³/mol. The van der Waals surface area contributed by atoms with Crippen LogP contribution < -0.4 is 5.32 Å². The number of aromatic nitrogens is 2. The molecule has 0 spiro atoms. The van der Waals surface area contributed by atoms with Gasteiger partial charge in [0.25, 0.3) is 0 Å². The molecule has 5 nitrogen and oxygen atoms in total. The summed E-state index contributed by atoms with van der Waals surface area (Å²) in [5.74, 6) is -0.580. The Bertz CT molecular complexity index is 612. The fourth-order valence-corrected chi connectivity index (χ4v) is 2.99. The Kier molecular flexibility index (Phi) is 5.27. The van der Waals surface area contributed by atoms with Gasteiger partial charge in [0.15, 0.2) is 5.82 Å². The van der Waals surface area contributed by atoms with Crippen molar-refractivity contribution in [3.63, 3.8) is 0 Å². The van der Waals surface area contributed by atoms with E-state index in [0.29, 0.717) is 25.2 Å². The van der Waals surface area contributed by atoms with Crippen molar-refractivity contribution in [1.29, 1.82) is 0 Å². The second-order valence-corrected chi connectivity index (χ2v) is 5.65. The number of hydrogen-bond acceptors (Lipinski definition) is 5. The van der Waals surface area contributed by atoms with Crippen LogP contribution in [0.1, 0.15) is 40.3 Å². The molecule has 0 aliphatic carbocycles. The van der Waals surface area contributed by atoms with Crippen LogP contribution in [0.2, 0.25) is 0 Å². The van der Waals surface area contributed by atoms with Crippen LogP contribution in [0.4, 0.5) is 5.82 Å². The smallest absolute Gasteiger partial charge is 0.339 e. The zero-order chi connectivity index (χ0) is 15.2. The minimum Gasteiger partial charge on any atom is -0.478 e. The van der Waals surface area contributed by atoms with E-state index < -0.39 is 5.97 Å². The van der Waals surface area contributed by atoms with Crippen molar-refractivity contribution in [2.75, 3.05) is 11.9 Å². The molecule has 21 heavy (non-hydrogen) atoms. The lowest BCUT2D eigenvalue weighted by molar-refractivity contribution is 0.0696. The maximum absolute atomic E-state index is 11.6. The number of nitrogens with one attached hydrogen (secondary N) is 1. The quantitative estimate of drug-likeness (QED) is 0.822. The fourth-order valence-electron chi connectivity index (χ4n) is 2.29. The van der Waals surface area contributed by atoms with Crippen molar-refractivity contribution < 1.29 is 9.90 Å². The molecular formula is C15H19N3O2S. The summed E-state index contributed by atoms with van der Waals surface area (Å²) in [5.41, 5.74) is 1.80. The Hall–Kier alpha value is -1.95. The number of anilines is 1. The van der Waals surface area contributed by atoms with Crippen LogP contribution in [0.25, 0.3) is 0 Å². The lowest BCUT2D eigenvalue weighted by Gasteiger charge is -2.13. The molecule has 0 aromatic carbocycles. The van der Waals surface area contributed by atoms with Gasteiger partial charge in [-0.25, -0.2) is 4.79 Å². The molecule has 0 atom stereocenters. The summed E-state index contributed by atoms with van der Waals surface area (Å²) in [6.45, 7) is 4.54. The fraction of sp³-hybridized carbons (Fsp3) is 0.400. The molecule has 2 rings (SSSR count). The molecule has 0 radical (unpaired) electrons. The lowest BCUT2D eigenvalue weighted by Crippen LogP contribution is -2.16. The van der Waals surface area contributed by atoms with Gasteiger partial charge in [-0.3, -0.25) is 0 Å². The van der Waals surface area contributed by atoms with Crippen LogP contribution >= 0.6 is 11.3 Å². The molecule has 0 fully saturated rings. The Morgan fingerprint density at radius 1 is 1.33 bits per heavy atom. The van der Waals surface area contributed by atoms with Gasteiger partial charge < -0.3 is 10.4 Å². The Morgan fingerprint density at radius 3 is 2.71 bits per heavy atom. The summed E-state index contributed by atoms with van der Waals surface area (Å²) >= 11 is 1.69. The summed E-state index contributed by atoms with van der Waals surface area (Å²) < 4.78 is 0. The molecule has 0 saturated heterocycles. The van der Waals surface area contributed by atoms with Crippen LogP contribution in [0, 0.1) is 0 Å². The topological polar surface area (TPSA) is 75.1 Å². The third-order valence-electron chi connectivity index (χ3n) is 3.30. The van der Waals surface area contributed by atoms with E-state index in [0.717, 1.165) is 17.7 Å². The molecule has 6 heteroatoms. The van der Waals surface area contributed by atoms with E-state index in [4.69, 9.17) is 0 Å². The Balaban J connectivity index is 2.20. The van der Waals surface area contributed by atoms with Crippen molar-refractivity contribution in [2.24, 2.45) is 0 Å². The molecule has 2 N–H and O–H groups in total. The first-order chi connectivity index (χ1) is 10.2. The first-order valence-corrected chi connectivity index (χ1v) is 7.93. The predicted octanol–water partition coefficient (Wildman–Crippen LogP) is 3.02. The average molecular weight is 305 g/mol. The van der Waals surface area contributed by atoms with Gasteiger partial charge in [-0.2, -0.15) is 5.10 Å². The molecule has 0 unspecified atom stereocenters. The van der Waals surface area contributed by atoms with Crippen LogP contribution in [0.3, 0.4) is 0 Å². The zero-order valence-corrected chi connectivity index (χ0v) is 13.0. The molecule has 112 valence electrons. The maximum Gasteiger partial charge on any atom is 0.339 e. The van der Waals surface area contributed by atoms with Crippen molar-refractivity contribution >= 4 is 23.1 Å². The number of carboxylic acids is 1. The van der Waals surface area contributed by atoms with Crippen LogP contribution in [-0.2, 0) is 19.3 Å². The molecule has 0 amide bonds. The van der Waals surface area contributed by atoms with E-state index >= 15 is 0 Å². The molecule has 0 aliphatic rings. The Labute approximate surface area is 128 Å². The minimum absolute atomic E-state index is 0.260. The van der Waals surface area contributed by atoms with Gasteiger partial charge in [0.05, 0.1) is 5.69 Å². The van der Waals surface area contributed by atoms with Crippen molar-refractivity contribution in [3.8, 4) is 0 Å². The van der Waals surface area contributed by atoms with Crippen LogP contribution in [-0.4, -0.2) is 27.8 Å². The van der Waals surface area contributed by atoms with Crippen LogP contribution in [0.15, 0.2) is 17.5 Å². The van der Waals surface area contributed by atoms with E-state index in [9.17, 15) is 9.90 Å². The number of nitrogens with zero attached hydrogens (tertiary/aromatic N) is 2. The molecular weight excluding hydrogens is 286 g/mol. The van der Waals surface area contributed by atoms with Gasteiger partial charge in [0, 0.05) is 11.4 Å². The molecule has 2 heterocycles. The van der Waals surface area contributed by atoms with Gasteiger partial charge in [-0.1, -0.05) is 19.9 Å². The number of aromatic carboxylic acids is 1. The summed E-state index contributed by atoms with van der Waals surface area (Å²) in [6, 6.07) is 4.07. The number of thiophene rings is 1. The number of carbonyl (C=O) groups is 1. The minimum atomic E-state index is -0.949. The standard InChI is InChI=1S/C15H19N3O2S/c1-3-11-12(4-2)17-18-14(13(11)15(19)20)16-8-7-10-6-5-9-21-10/h5-6,9H,3-4,7-8H2,1-2H3,(H,16,18)(H,19,20). The SMILES string of the molecule is CCc1nnc(NCCc2cccs2)c(C(=O)O)c1CC. The zero-order valence-electron chi connectivity index (χ0n) is 12.2. The van der Waals surface area contributed by atoms with E-state index in [1.54, 1.807) is 11.3 Å². The van der Waals surface area contributed by atoms with Gasteiger partial charge in [-0.05, 0) is 36.3 Å². The normalized spacial score (nSPS) is 10.6. The Morgan fingerprint density at radius 2 is 2.14 bits per heavy atom. The van der Waals surface area contributed by atoms with E-state index in [1.807, 2.05) is 25.3 Å². The average Bonchev–Trinajstić information content (AvgIpc) is 2.99. The second-order valence-electron chi connectivity index (χ2n) is 4.62. The van der Waals surface area contributed by atoms with Crippen molar-refractivity contribution in [1.82, 2.24) is 10.2 Å². The molecule has 2 aromatic rings. The number of aryl methyl sites for hydroxylation is 1. The summed E-state index contributed by atoms with van der Waals surface area (Å²) in [5, 5.41) is 22.8. The van der Waals surface area contributed by atoms with Crippen molar-refractivity contribution in [3.05, 3.63) is 39.2 Å².